The van der Waals surface area contributed by atoms with E-state index in [0.717, 1.165) is 52.4 Å². The van der Waals surface area contributed by atoms with E-state index in [4.69, 9.17) is 27.9 Å². The summed E-state index contributed by atoms with van der Waals surface area (Å²) in [6.45, 7) is 2.02. The fraction of sp³-hybridized carbons (Fsp3) is 0.0690. The molecule has 0 aliphatic carbocycles. The maximum atomic E-state index is 9.83. The Hall–Kier alpha value is -3.91. The third-order valence-corrected chi connectivity index (χ3v) is 18.5. The maximum Gasteiger partial charge on any atom is 0.144 e. The molecule has 0 spiro atoms. The molecule has 0 heterocycles. The summed E-state index contributed by atoms with van der Waals surface area (Å²) < 4.78 is 9.08. The van der Waals surface area contributed by atoms with Gasteiger partial charge in [-0.2, -0.15) is 0 Å². The molecule has 0 saturated heterocycles. The molecule has 7 nitrogen and oxygen atoms in total. The summed E-state index contributed by atoms with van der Waals surface area (Å²) >= 11 is 37.5. The van der Waals surface area contributed by atoms with Gasteiger partial charge in [-0.3, -0.25) is 0 Å². The number of benzene rings is 9. The minimum Gasteiger partial charge on any atom is -0.506 e. The summed E-state index contributed by atoms with van der Waals surface area (Å²) in [6.07, 6.45) is 0. The van der Waals surface area contributed by atoms with Crippen molar-refractivity contribution in [3.8, 4) is 23.0 Å². The second-order valence-corrected chi connectivity index (χ2v) is 25.4. The molecular weight excluding hydrogens is 1450 g/mol. The highest BCUT2D eigenvalue weighted by Gasteiger charge is 2.12. The van der Waals surface area contributed by atoms with Crippen molar-refractivity contribution in [3.05, 3.63) is 236 Å². The Bertz CT molecular complexity index is 3350. The van der Waals surface area contributed by atoms with Crippen LogP contribution in [0.3, 0.4) is 0 Å². The number of ether oxygens (including phenoxy) is 1. The van der Waals surface area contributed by atoms with E-state index in [1.807, 2.05) is 127 Å². The van der Waals surface area contributed by atoms with Crippen molar-refractivity contribution in [2.24, 2.45) is 0 Å². The molecule has 0 fully saturated rings. The fourth-order valence-corrected chi connectivity index (χ4v) is 13.9. The molecule has 0 atom stereocenters. The van der Waals surface area contributed by atoms with Gasteiger partial charge in [0.1, 0.15) is 23.0 Å². The molecule has 76 heavy (non-hydrogen) atoms. The molecule has 9 rings (SSSR count). The van der Waals surface area contributed by atoms with Crippen LogP contribution in [0.15, 0.2) is 238 Å². The zero-order valence-electron chi connectivity index (χ0n) is 39.9. The van der Waals surface area contributed by atoms with Crippen LogP contribution >= 0.6 is 154 Å². The molecule has 0 bridgehead atoms. The minimum absolute atomic E-state index is 0.195. The Balaban J connectivity index is 0.000000166. The van der Waals surface area contributed by atoms with Crippen molar-refractivity contribution in [3.63, 3.8) is 0 Å². The number of hydrogen-bond acceptors (Lipinski definition) is 10. The molecule has 0 aliphatic rings. The number of hydrogen-bond donors (Lipinski definition) is 6. The average Bonchev–Trinajstić information content (AvgIpc) is 3.41. The van der Waals surface area contributed by atoms with Crippen LogP contribution in [0, 0.1) is 0 Å². The second kappa shape index (κ2) is 29.9. The highest BCUT2D eigenvalue weighted by Crippen LogP contribution is 2.40. The van der Waals surface area contributed by atoms with E-state index in [9.17, 15) is 15.3 Å². The number of nitrogens with one attached hydrogen (secondary N) is 3. The van der Waals surface area contributed by atoms with Crippen LogP contribution in [0.4, 0.5) is 17.1 Å². The predicted molar refractivity (Wildman–Crippen MR) is 340 cm³/mol. The van der Waals surface area contributed by atoms with E-state index in [0.29, 0.717) is 46.5 Å². The van der Waals surface area contributed by atoms with E-state index in [1.165, 1.54) is 26.5 Å². The summed E-state index contributed by atoms with van der Waals surface area (Å²) in [7, 11) is 1.67. The molecule has 0 amide bonds. The lowest BCUT2D eigenvalue weighted by molar-refractivity contribution is 0.414. The van der Waals surface area contributed by atoms with Crippen LogP contribution in [0.25, 0.3) is 0 Å². The Kier molecular flexibility index (Phi) is 23.5. The molecule has 390 valence electrons. The summed E-state index contributed by atoms with van der Waals surface area (Å²) in [5.41, 5.74) is 6.31. The summed E-state index contributed by atoms with van der Waals surface area (Å²) in [5.74, 6) is 1.45. The van der Waals surface area contributed by atoms with Crippen molar-refractivity contribution in [1.82, 2.24) is 0 Å². The lowest BCUT2D eigenvalue weighted by atomic mass is 10.2. The number of anilines is 3. The number of methoxy groups -OCH3 is 1. The Morgan fingerprint density at radius 3 is 1.13 bits per heavy atom. The van der Waals surface area contributed by atoms with Crippen LogP contribution in [-0.4, -0.2) is 22.4 Å². The van der Waals surface area contributed by atoms with Crippen LogP contribution in [-0.2, 0) is 19.6 Å². The molecule has 0 aliphatic heterocycles. The van der Waals surface area contributed by atoms with Gasteiger partial charge >= 0.3 is 0 Å². The summed E-state index contributed by atoms with van der Waals surface area (Å²) in [4.78, 5) is 6.83. The quantitative estimate of drug-likeness (QED) is 0.0524. The van der Waals surface area contributed by atoms with E-state index in [-0.39, 0.29) is 17.2 Å². The lowest BCUT2D eigenvalue weighted by Crippen LogP contribution is -2.01. The van der Waals surface area contributed by atoms with Crippen LogP contribution in [0.5, 0.6) is 23.0 Å². The average molecular weight is 1490 g/mol. The largest absolute Gasteiger partial charge is 0.506 e. The highest BCUT2D eigenvalue weighted by molar-refractivity contribution is 9.12. The second-order valence-electron chi connectivity index (χ2n) is 16.1. The smallest absolute Gasteiger partial charge is 0.144 e. The van der Waals surface area contributed by atoms with Crippen molar-refractivity contribution >= 4 is 171 Å². The molecule has 0 saturated carbocycles. The predicted octanol–water partition coefficient (Wildman–Crippen LogP) is 21.4. The SMILES string of the molecule is COc1ccc(Sc2ccccc2CNc2cc(Br)c(O)c(Br)c2)cc1.Oc1c(Br)cc(NCc2ccccc2Sc2cccc(Cl)c2)cc1Br.Oc1c(Br)cc(NCc2ccccc2Sc2ccccc2Cl)cc1Br. The van der Waals surface area contributed by atoms with Gasteiger partial charge in [-0.1, -0.05) is 131 Å². The molecule has 9 aromatic carbocycles. The van der Waals surface area contributed by atoms with Gasteiger partial charge in [-0.25, -0.2) is 0 Å². The molecule has 0 aromatic heterocycles. The van der Waals surface area contributed by atoms with Crippen molar-refractivity contribution in [2.45, 2.75) is 49.0 Å². The number of phenols is 3. The standard InChI is InChI=1S/C20H17Br2NO2S.2C19H14Br2ClNOS/c1-25-15-6-8-16(9-7-15)26-19-5-3-2-4-13(19)12-23-14-10-17(21)20(24)18(22)11-14;20-14-9-13(10-15(21)19(14)24)23-11-12-5-1-3-7-17(12)25-18-8-4-2-6-16(18)22;20-16-9-14(10-17(21)19(16)24)23-11-12-4-1-2-7-18(12)25-15-6-3-5-13(22)8-15/h2-11,23-24H,12H2,1H3;2*1-10,23-24H,11H2. The Morgan fingerprint density at radius 2 is 0.750 bits per heavy atom. The zero-order chi connectivity index (χ0) is 54.1. The van der Waals surface area contributed by atoms with Gasteiger partial charge in [0.25, 0.3) is 0 Å². The van der Waals surface area contributed by atoms with E-state index in [2.05, 4.69) is 166 Å². The Labute approximate surface area is 516 Å². The van der Waals surface area contributed by atoms with Gasteiger partial charge in [-0.05, 0) is 221 Å². The van der Waals surface area contributed by atoms with Crippen LogP contribution in [0.1, 0.15) is 16.7 Å². The molecule has 6 N–H and O–H groups in total. The molecular formula is C58H45Br6Cl2N3O4S3. The molecule has 0 unspecified atom stereocenters. The number of rotatable bonds is 16. The molecule has 9 aromatic rings. The normalized spacial score (nSPS) is 10.6. The summed E-state index contributed by atoms with van der Waals surface area (Å²) in [6, 6.07) is 59.7. The van der Waals surface area contributed by atoms with Crippen molar-refractivity contribution < 1.29 is 20.1 Å². The monoisotopic (exact) mass is 1490 g/mol. The Morgan fingerprint density at radius 1 is 0.395 bits per heavy atom. The lowest BCUT2D eigenvalue weighted by Gasteiger charge is -2.13. The third kappa shape index (κ3) is 17.8. The molecule has 18 heteroatoms. The first-order valence-electron chi connectivity index (χ1n) is 22.8. The van der Waals surface area contributed by atoms with Gasteiger partial charge in [0, 0.05) is 71.1 Å². The summed E-state index contributed by atoms with van der Waals surface area (Å²) in [5, 5.41) is 41.1. The maximum absolute atomic E-state index is 9.83. The first-order valence-corrected chi connectivity index (χ1v) is 30.8. The van der Waals surface area contributed by atoms with Crippen LogP contribution in [0.2, 0.25) is 10.0 Å². The number of phenolic OH excluding ortho intramolecular Hbond substituents is 3. The highest BCUT2D eigenvalue weighted by atomic mass is 79.9. The number of halogens is 8. The van der Waals surface area contributed by atoms with Gasteiger partial charge in [0.05, 0.1) is 39.0 Å². The van der Waals surface area contributed by atoms with Gasteiger partial charge in [-0.15, -0.1) is 0 Å². The van der Waals surface area contributed by atoms with E-state index in [1.54, 1.807) is 42.4 Å². The first kappa shape index (κ1) is 59.7. The number of aromatic hydroxyl groups is 3. The van der Waals surface area contributed by atoms with Gasteiger partial charge < -0.3 is 36.0 Å². The van der Waals surface area contributed by atoms with E-state index < -0.39 is 0 Å². The van der Waals surface area contributed by atoms with Gasteiger partial charge in [0.2, 0.25) is 0 Å². The van der Waals surface area contributed by atoms with Crippen molar-refractivity contribution in [2.75, 3.05) is 23.1 Å². The van der Waals surface area contributed by atoms with Crippen LogP contribution < -0.4 is 20.7 Å². The zero-order valence-corrected chi connectivity index (χ0v) is 53.4. The first-order chi connectivity index (χ1) is 36.6. The fourth-order valence-electron chi connectivity index (χ4n) is 6.92. The molecule has 0 radical (unpaired) electrons. The topological polar surface area (TPSA) is 106 Å². The third-order valence-electron chi connectivity index (χ3n) is 10.8. The minimum atomic E-state index is 0.195. The van der Waals surface area contributed by atoms with E-state index >= 15 is 0 Å². The van der Waals surface area contributed by atoms with Gasteiger partial charge in [0.15, 0.2) is 0 Å². The van der Waals surface area contributed by atoms with Crippen molar-refractivity contribution in [1.29, 1.82) is 0 Å².